The van der Waals surface area contributed by atoms with Crippen molar-refractivity contribution in [3.63, 3.8) is 0 Å². The maximum Gasteiger partial charge on any atom is 0.239 e. The van der Waals surface area contributed by atoms with Crippen molar-refractivity contribution in [1.29, 1.82) is 0 Å². The van der Waals surface area contributed by atoms with E-state index in [9.17, 15) is 4.79 Å². The first-order valence-electron chi connectivity index (χ1n) is 8.43. The molecular weight excluding hydrogens is 250 g/mol. The van der Waals surface area contributed by atoms with E-state index in [1.165, 1.54) is 38.6 Å². The summed E-state index contributed by atoms with van der Waals surface area (Å²) < 4.78 is 0. The second kappa shape index (κ2) is 6.02. The van der Waals surface area contributed by atoms with E-state index in [-0.39, 0.29) is 6.04 Å². The molecule has 1 aliphatic carbocycles. The molecular formula is C16H29N3O. The largest absolute Gasteiger partial charge is 0.343 e. The van der Waals surface area contributed by atoms with Gasteiger partial charge in [-0.05, 0) is 57.2 Å². The highest BCUT2D eigenvalue weighted by atomic mass is 16.2. The number of amides is 1. The van der Waals surface area contributed by atoms with Gasteiger partial charge in [-0.25, -0.2) is 0 Å². The summed E-state index contributed by atoms with van der Waals surface area (Å²) in [6, 6.07) is 0.679. The number of hydrogen-bond acceptors (Lipinski definition) is 3. The maximum atomic E-state index is 12.7. The first-order chi connectivity index (χ1) is 9.70. The lowest BCUT2D eigenvalue weighted by Crippen LogP contribution is -2.48. The summed E-state index contributed by atoms with van der Waals surface area (Å²) >= 11 is 0. The highest BCUT2D eigenvalue weighted by Gasteiger charge is 2.43. The maximum absolute atomic E-state index is 12.7. The van der Waals surface area contributed by atoms with E-state index < -0.39 is 0 Å². The van der Waals surface area contributed by atoms with Crippen LogP contribution in [0.15, 0.2) is 0 Å². The minimum atomic E-state index is 0.101. The van der Waals surface area contributed by atoms with Gasteiger partial charge in [0, 0.05) is 19.6 Å². The monoisotopic (exact) mass is 279 g/mol. The molecule has 20 heavy (non-hydrogen) atoms. The van der Waals surface area contributed by atoms with E-state index in [1.807, 2.05) is 11.9 Å². The lowest BCUT2D eigenvalue weighted by atomic mass is 9.93. The van der Waals surface area contributed by atoms with Crippen LogP contribution in [0.2, 0.25) is 0 Å². The van der Waals surface area contributed by atoms with Crippen molar-refractivity contribution >= 4 is 5.91 Å². The number of nitrogens with one attached hydrogen (secondary N) is 1. The number of carbonyl (C=O) groups is 1. The van der Waals surface area contributed by atoms with Crippen molar-refractivity contribution in [2.75, 3.05) is 33.2 Å². The Hall–Kier alpha value is -0.610. The van der Waals surface area contributed by atoms with Crippen molar-refractivity contribution in [3.05, 3.63) is 0 Å². The number of likely N-dealkylation sites (N-methyl/N-ethyl adjacent to an activating group) is 2. The summed E-state index contributed by atoms with van der Waals surface area (Å²) in [7, 11) is 2.00. The summed E-state index contributed by atoms with van der Waals surface area (Å²) in [5, 5.41) is 3.48. The Bertz CT molecular complexity index is 360. The Morgan fingerprint density at radius 1 is 1.30 bits per heavy atom. The number of hydrogen-bond donors (Lipinski definition) is 1. The molecule has 0 aromatic rings. The van der Waals surface area contributed by atoms with Gasteiger partial charge in [0.15, 0.2) is 0 Å². The zero-order valence-corrected chi connectivity index (χ0v) is 13.0. The van der Waals surface area contributed by atoms with Crippen LogP contribution in [-0.4, -0.2) is 61.0 Å². The zero-order valence-electron chi connectivity index (χ0n) is 13.0. The second-order valence-electron chi connectivity index (χ2n) is 6.88. The van der Waals surface area contributed by atoms with Crippen LogP contribution in [0.4, 0.5) is 0 Å². The molecule has 1 amide bonds. The minimum Gasteiger partial charge on any atom is -0.343 e. The fourth-order valence-electron chi connectivity index (χ4n) is 4.62. The van der Waals surface area contributed by atoms with Crippen LogP contribution in [0.1, 0.15) is 39.0 Å². The number of fused-ring (bicyclic) bond motifs is 1. The van der Waals surface area contributed by atoms with E-state index in [2.05, 4.69) is 17.1 Å². The third-order valence-corrected chi connectivity index (χ3v) is 5.78. The van der Waals surface area contributed by atoms with Gasteiger partial charge in [-0.15, -0.1) is 0 Å². The van der Waals surface area contributed by atoms with E-state index in [4.69, 9.17) is 0 Å². The van der Waals surface area contributed by atoms with Crippen molar-refractivity contribution < 1.29 is 4.79 Å². The molecule has 1 saturated carbocycles. The summed E-state index contributed by atoms with van der Waals surface area (Å²) in [6.45, 7) is 6.50. The Balaban J connectivity index is 1.56. The molecule has 2 saturated heterocycles. The Labute approximate surface area is 122 Å². The SMILES string of the molecule is CCN1CCCC1CN(C)C(=O)C1NCC2CCCC21. The lowest BCUT2D eigenvalue weighted by molar-refractivity contribution is -0.133. The van der Waals surface area contributed by atoms with Gasteiger partial charge >= 0.3 is 0 Å². The number of carbonyl (C=O) groups excluding carboxylic acids is 1. The molecule has 4 heteroatoms. The van der Waals surface area contributed by atoms with Crippen LogP contribution >= 0.6 is 0 Å². The third kappa shape index (κ3) is 2.60. The summed E-state index contributed by atoms with van der Waals surface area (Å²) in [6.07, 6.45) is 6.41. The highest BCUT2D eigenvalue weighted by Crippen LogP contribution is 2.38. The molecule has 2 aliphatic heterocycles. The van der Waals surface area contributed by atoms with Crippen LogP contribution in [-0.2, 0) is 4.79 Å². The van der Waals surface area contributed by atoms with Crippen molar-refractivity contribution in [2.45, 2.75) is 51.1 Å². The normalized spacial score (nSPS) is 37.3. The van der Waals surface area contributed by atoms with E-state index in [0.717, 1.165) is 25.6 Å². The fourth-order valence-corrected chi connectivity index (χ4v) is 4.62. The van der Waals surface area contributed by atoms with Crippen LogP contribution in [0.3, 0.4) is 0 Å². The smallest absolute Gasteiger partial charge is 0.239 e. The van der Waals surface area contributed by atoms with Crippen LogP contribution in [0, 0.1) is 11.8 Å². The van der Waals surface area contributed by atoms with E-state index in [0.29, 0.717) is 17.9 Å². The van der Waals surface area contributed by atoms with Crippen LogP contribution < -0.4 is 5.32 Å². The van der Waals surface area contributed by atoms with Gasteiger partial charge in [0.1, 0.15) is 0 Å². The van der Waals surface area contributed by atoms with Crippen LogP contribution in [0.5, 0.6) is 0 Å². The van der Waals surface area contributed by atoms with E-state index in [1.54, 1.807) is 0 Å². The lowest BCUT2D eigenvalue weighted by Gasteiger charge is -2.30. The molecule has 0 aromatic carbocycles. The molecule has 0 aromatic heterocycles. The van der Waals surface area contributed by atoms with Crippen molar-refractivity contribution in [1.82, 2.24) is 15.1 Å². The molecule has 4 atom stereocenters. The summed E-state index contributed by atoms with van der Waals surface area (Å²) in [4.78, 5) is 17.2. The van der Waals surface area contributed by atoms with Gasteiger partial charge in [0.2, 0.25) is 5.91 Å². The van der Waals surface area contributed by atoms with Crippen LogP contribution in [0.25, 0.3) is 0 Å². The van der Waals surface area contributed by atoms with Gasteiger partial charge in [0.05, 0.1) is 6.04 Å². The molecule has 0 spiro atoms. The number of rotatable bonds is 4. The number of nitrogens with zero attached hydrogens (tertiary/aromatic N) is 2. The van der Waals surface area contributed by atoms with Gasteiger partial charge in [0.25, 0.3) is 0 Å². The highest BCUT2D eigenvalue weighted by molar-refractivity contribution is 5.82. The van der Waals surface area contributed by atoms with Gasteiger partial charge in [-0.3, -0.25) is 9.69 Å². The predicted molar refractivity (Wildman–Crippen MR) is 80.5 cm³/mol. The van der Waals surface area contributed by atoms with E-state index >= 15 is 0 Å². The first-order valence-corrected chi connectivity index (χ1v) is 8.43. The molecule has 3 rings (SSSR count). The van der Waals surface area contributed by atoms with Gasteiger partial charge in [-0.2, -0.15) is 0 Å². The standard InChI is InChI=1S/C16H29N3O/c1-3-19-9-5-7-13(19)11-18(2)16(20)15-14-8-4-6-12(14)10-17-15/h12-15,17H,3-11H2,1-2H3. The van der Waals surface area contributed by atoms with Gasteiger partial charge in [-0.1, -0.05) is 13.3 Å². The molecule has 3 aliphatic rings. The summed E-state index contributed by atoms with van der Waals surface area (Å²) in [5.41, 5.74) is 0. The molecule has 4 nitrogen and oxygen atoms in total. The molecule has 0 radical (unpaired) electrons. The first kappa shape index (κ1) is 14.3. The molecule has 4 unspecified atom stereocenters. The van der Waals surface area contributed by atoms with Gasteiger partial charge < -0.3 is 10.2 Å². The zero-order chi connectivity index (χ0) is 14.1. The molecule has 114 valence electrons. The second-order valence-corrected chi connectivity index (χ2v) is 6.88. The molecule has 3 fully saturated rings. The predicted octanol–water partition coefficient (Wildman–Crippen LogP) is 1.32. The Kier molecular flexibility index (Phi) is 4.32. The molecule has 2 heterocycles. The third-order valence-electron chi connectivity index (χ3n) is 5.78. The minimum absolute atomic E-state index is 0.101. The van der Waals surface area contributed by atoms with Crippen molar-refractivity contribution in [2.24, 2.45) is 11.8 Å². The fraction of sp³-hybridized carbons (Fsp3) is 0.938. The quantitative estimate of drug-likeness (QED) is 0.843. The average molecular weight is 279 g/mol. The average Bonchev–Trinajstić information content (AvgIpc) is 3.13. The van der Waals surface area contributed by atoms with Crippen molar-refractivity contribution in [3.8, 4) is 0 Å². The Morgan fingerprint density at radius 2 is 2.15 bits per heavy atom. The number of likely N-dealkylation sites (tertiary alicyclic amines) is 1. The summed E-state index contributed by atoms with van der Waals surface area (Å²) in [5.74, 6) is 1.70. The molecule has 0 bridgehead atoms. The molecule has 1 N–H and O–H groups in total. The topological polar surface area (TPSA) is 35.6 Å². The Morgan fingerprint density at radius 3 is 2.95 bits per heavy atom.